The highest BCUT2D eigenvalue weighted by atomic mass is 35.5. The first-order valence-corrected chi connectivity index (χ1v) is 8.97. The maximum atomic E-state index is 12.9. The van der Waals surface area contributed by atoms with E-state index in [2.05, 4.69) is 5.32 Å². The van der Waals surface area contributed by atoms with E-state index < -0.39 is 29.7 Å². The van der Waals surface area contributed by atoms with Crippen LogP contribution in [0.2, 0.25) is 5.02 Å². The molecular formula is C20H17ClF3NO3. The highest BCUT2D eigenvalue weighted by Gasteiger charge is 2.42. The first kappa shape index (κ1) is 20.2. The van der Waals surface area contributed by atoms with E-state index in [9.17, 15) is 22.8 Å². The van der Waals surface area contributed by atoms with Gasteiger partial charge in [0.15, 0.2) is 0 Å². The van der Waals surface area contributed by atoms with Crippen molar-refractivity contribution in [2.75, 3.05) is 5.32 Å². The molecule has 1 saturated carbocycles. The molecule has 2 aromatic rings. The predicted octanol–water partition coefficient (Wildman–Crippen LogP) is 5.24. The summed E-state index contributed by atoms with van der Waals surface area (Å²) in [6.45, 7) is 1.89. The van der Waals surface area contributed by atoms with Crippen molar-refractivity contribution in [2.24, 2.45) is 11.8 Å². The number of rotatable bonds is 5. The fourth-order valence-corrected chi connectivity index (χ4v) is 2.92. The molecule has 3 rings (SSSR count). The Hall–Kier alpha value is -2.54. The maximum absolute atomic E-state index is 12.9. The normalized spacial score (nSPS) is 19.6. The molecule has 0 bridgehead atoms. The number of benzene rings is 2. The van der Waals surface area contributed by atoms with Crippen LogP contribution in [0.25, 0.3) is 0 Å². The van der Waals surface area contributed by atoms with Gasteiger partial charge >= 0.3 is 12.1 Å². The Morgan fingerprint density at radius 3 is 2.39 bits per heavy atom. The Kier molecular flexibility index (Phi) is 5.65. The Bertz CT molecular complexity index is 886. The number of carbonyl (C=O) groups is 2. The van der Waals surface area contributed by atoms with Crippen molar-refractivity contribution in [3.8, 4) is 0 Å². The summed E-state index contributed by atoms with van der Waals surface area (Å²) in [5.41, 5.74) is -0.754. The molecule has 4 nitrogen and oxygen atoms in total. The SMILES string of the molecule is C[C@@H]1C[C@H]1C(=O)O[C@H](C(=O)Nc1cc(C(F)(F)F)ccc1Cl)c1ccccc1. The van der Waals surface area contributed by atoms with Crippen molar-refractivity contribution in [3.63, 3.8) is 0 Å². The van der Waals surface area contributed by atoms with Gasteiger partial charge in [-0.2, -0.15) is 13.2 Å². The van der Waals surface area contributed by atoms with Crippen LogP contribution in [0.4, 0.5) is 18.9 Å². The van der Waals surface area contributed by atoms with Gasteiger partial charge in [-0.3, -0.25) is 9.59 Å². The van der Waals surface area contributed by atoms with Crippen LogP contribution in [0.1, 0.15) is 30.6 Å². The number of amides is 1. The first-order valence-electron chi connectivity index (χ1n) is 8.60. The molecule has 0 spiro atoms. The molecule has 0 aliphatic heterocycles. The van der Waals surface area contributed by atoms with Crippen molar-refractivity contribution in [2.45, 2.75) is 25.6 Å². The standard InChI is InChI=1S/C20H17ClF3NO3/c1-11-9-14(11)19(27)28-17(12-5-3-2-4-6-12)18(26)25-16-10-13(20(22,23)24)7-8-15(16)21/h2-8,10-11,14,17H,9H2,1H3,(H,25,26)/t11-,14-,17+/m1/s1. The zero-order valence-electron chi connectivity index (χ0n) is 14.8. The van der Waals surface area contributed by atoms with E-state index in [4.69, 9.17) is 16.3 Å². The number of nitrogens with one attached hydrogen (secondary N) is 1. The number of halogens is 4. The third-order valence-electron chi connectivity index (χ3n) is 4.54. The largest absolute Gasteiger partial charge is 0.447 e. The summed E-state index contributed by atoms with van der Waals surface area (Å²) in [4.78, 5) is 25.0. The Labute approximate surface area is 164 Å². The van der Waals surface area contributed by atoms with Crippen molar-refractivity contribution < 1.29 is 27.5 Å². The molecule has 1 amide bonds. The third kappa shape index (κ3) is 4.65. The quantitative estimate of drug-likeness (QED) is 0.685. The average Bonchev–Trinajstić information content (AvgIpc) is 3.38. The van der Waals surface area contributed by atoms with Crippen LogP contribution in [-0.4, -0.2) is 11.9 Å². The van der Waals surface area contributed by atoms with E-state index in [0.717, 1.165) is 18.2 Å². The van der Waals surface area contributed by atoms with E-state index in [1.165, 1.54) is 0 Å². The summed E-state index contributed by atoms with van der Waals surface area (Å²) in [6.07, 6.45) is -5.20. The highest BCUT2D eigenvalue weighted by molar-refractivity contribution is 6.33. The minimum Gasteiger partial charge on any atom is -0.447 e. The van der Waals surface area contributed by atoms with Crippen molar-refractivity contribution in [3.05, 3.63) is 64.7 Å². The van der Waals surface area contributed by atoms with E-state index >= 15 is 0 Å². The average molecular weight is 412 g/mol. The van der Waals surface area contributed by atoms with Crippen molar-refractivity contribution in [1.29, 1.82) is 0 Å². The van der Waals surface area contributed by atoms with E-state index in [-0.39, 0.29) is 22.5 Å². The molecule has 0 aromatic heterocycles. The second-order valence-electron chi connectivity index (χ2n) is 6.73. The van der Waals surface area contributed by atoms with Gasteiger partial charge in [0.25, 0.3) is 5.91 Å². The van der Waals surface area contributed by atoms with Crippen molar-refractivity contribution >= 4 is 29.2 Å². The predicted molar refractivity (Wildman–Crippen MR) is 97.6 cm³/mol. The number of carbonyl (C=O) groups excluding carboxylic acids is 2. The van der Waals surface area contributed by atoms with Crippen LogP contribution in [0, 0.1) is 11.8 Å². The van der Waals surface area contributed by atoms with Crippen LogP contribution in [0.15, 0.2) is 48.5 Å². The van der Waals surface area contributed by atoms with Gasteiger partial charge in [-0.25, -0.2) is 0 Å². The van der Waals surface area contributed by atoms with Crippen molar-refractivity contribution in [1.82, 2.24) is 0 Å². The minimum atomic E-state index is -4.59. The Morgan fingerprint density at radius 2 is 1.82 bits per heavy atom. The zero-order valence-corrected chi connectivity index (χ0v) is 15.6. The Balaban J connectivity index is 1.84. The molecule has 8 heteroatoms. The number of alkyl halides is 3. The second kappa shape index (κ2) is 7.83. The molecule has 0 radical (unpaired) electrons. The molecular weight excluding hydrogens is 395 g/mol. The lowest BCUT2D eigenvalue weighted by molar-refractivity contribution is -0.156. The van der Waals surface area contributed by atoms with Crippen LogP contribution in [0.5, 0.6) is 0 Å². The minimum absolute atomic E-state index is 0.0599. The molecule has 28 heavy (non-hydrogen) atoms. The topological polar surface area (TPSA) is 55.4 Å². The van der Waals surface area contributed by atoms with Gasteiger partial charge in [0.1, 0.15) is 0 Å². The molecule has 3 atom stereocenters. The Morgan fingerprint density at radius 1 is 1.18 bits per heavy atom. The van der Waals surface area contributed by atoms with Gasteiger partial charge < -0.3 is 10.1 Å². The monoisotopic (exact) mass is 411 g/mol. The fraction of sp³-hybridized carbons (Fsp3) is 0.300. The molecule has 1 fully saturated rings. The number of hydrogen-bond donors (Lipinski definition) is 1. The van der Waals surface area contributed by atoms with Gasteiger partial charge in [0, 0.05) is 5.56 Å². The molecule has 1 aliphatic carbocycles. The van der Waals surface area contributed by atoms with Gasteiger partial charge in [0.2, 0.25) is 6.10 Å². The highest BCUT2D eigenvalue weighted by Crippen LogP contribution is 2.40. The van der Waals surface area contributed by atoms with Gasteiger partial charge in [-0.05, 0) is 30.5 Å². The lowest BCUT2D eigenvalue weighted by atomic mass is 10.1. The zero-order chi connectivity index (χ0) is 20.5. The fourth-order valence-electron chi connectivity index (χ4n) is 2.75. The summed E-state index contributed by atoms with van der Waals surface area (Å²) in [6, 6.07) is 10.9. The van der Waals surface area contributed by atoms with E-state index in [0.29, 0.717) is 12.0 Å². The number of hydrogen-bond acceptors (Lipinski definition) is 3. The first-order chi connectivity index (χ1) is 13.2. The molecule has 2 aromatic carbocycles. The summed E-state index contributed by atoms with van der Waals surface area (Å²) in [5.74, 6) is -1.37. The molecule has 1 N–H and O–H groups in total. The van der Waals surface area contributed by atoms with Gasteiger partial charge in [0.05, 0.1) is 22.2 Å². The second-order valence-corrected chi connectivity index (χ2v) is 7.14. The van der Waals surface area contributed by atoms with E-state index in [1.807, 2.05) is 6.92 Å². The van der Waals surface area contributed by atoms with E-state index in [1.54, 1.807) is 30.3 Å². The lowest BCUT2D eigenvalue weighted by Gasteiger charge is -2.19. The van der Waals surface area contributed by atoms with Crippen LogP contribution < -0.4 is 5.32 Å². The van der Waals surface area contributed by atoms with Crippen LogP contribution in [-0.2, 0) is 20.5 Å². The summed E-state index contributed by atoms with van der Waals surface area (Å²) < 4.78 is 44.2. The molecule has 0 unspecified atom stereocenters. The third-order valence-corrected chi connectivity index (χ3v) is 4.87. The summed E-state index contributed by atoms with van der Waals surface area (Å²) >= 11 is 5.94. The molecule has 1 aliphatic rings. The summed E-state index contributed by atoms with van der Waals surface area (Å²) in [5, 5.41) is 2.29. The maximum Gasteiger partial charge on any atom is 0.416 e. The summed E-state index contributed by atoms with van der Waals surface area (Å²) in [7, 11) is 0. The lowest BCUT2D eigenvalue weighted by Crippen LogP contribution is -2.27. The van der Waals surface area contributed by atoms with Gasteiger partial charge in [-0.15, -0.1) is 0 Å². The molecule has 0 heterocycles. The smallest absolute Gasteiger partial charge is 0.416 e. The molecule has 0 saturated heterocycles. The van der Waals surface area contributed by atoms with Crippen LogP contribution in [0.3, 0.4) is 0 Å². The molecule has 148 valence electrons. The van der Waals surface area contributed by atoms with Crippen LogP contribution >= 0.6 is 11.6 Å². The number of anilines is 1. The number of esters is 1. The van der Waals surface area contributed by atoms with Gasteiger partial charge in [-0.1, -0.05) is 48.9 Å². The number of ether oxygens (including phenoxy) is 1.